The fraction of sp³-hybridized carbons (Fsp3) is 0.257. The molecule has 45 heavy (non-hydrogen) atoms. The summed E-state index contributed by atoms with van der Waals surface area (Å²) in [6, 6.07) is 28.5. The van der Waals surface area contributed by atoms with Crippen molar-refractivity contribution in [1.82, 2.24) is 5.32 Å². The third-order valence-electron chi connectivity index (χ3n) is 7.52. The molecule has 1 aliphatic heterocycles. The Kier molecular flexibility index (Phi) is 10.8. The summed E-state index contributed by atoms with van der Waals surface area (Å²) in [5.74, 6) is 2.01. The van der Waals surface area contributed by atoms with E-state index in [1.165, 1.54) is 0 Å². The fourth-order valence-electron chi connectivity index (χ4n) is 5.16. The number of halogens is 2. The molecule has 0 aromatic heterocycles. The van der Waals surface area contributed by atoms with Crippen LogP contribution in [0.5, 0.6) is 17.2 Å². The average molecular weight is 738 g/mol. The first-order chi connectivity index (χ1) is 21.8. The largest absolute Gasteiger partial charge is 0.497 e. The Balaban J connectivity index is 1.55. The van der Waals surface area contributed by atoms with Crippen LogP contribution in [0.4, 0.5) is 0 Å². The van der Waals surface area contributed by atoms with E-state index >= 15 is 0 Å². The molecule has 0 saturated carbocycles. The summed E-state index contributed by atoms with van der Waals surface area (Å²) in [5.41, 5.74) is 1.92. The number of nitrogens with zero attached hydrogens (tertiary/aromatic N) is 1. The van der Waals surface area contributed by atoms with Gasteiger partial charge in [-0.1, -0.05) is 56.1 Å². The molecule has 0 spiro atoms. The second-order valence-corrected chi connectivity index (χ2v) is 12.3. The topological polar surface area (TPSA) is 98.6 Å². The number of benzene rings is 4. The highest BCUT2D eigenvalue weighted by molar-refractivity contribution is 9.10. The number of methoxy groups -OCH3 is 2. The number of carbonyl (C=O) groups is 1. The minimum Gasteiger partial charge on any atom is -0.497 e. The van der Waals surface area contributed by atoms with Crippen LogP contribution in [0.2, 0.25) is 0 Å². The van der Waals surface area contributed by atoms with E-state index in [2.05, 4.69) is 37.2 Å². The van der Waals surface area contributed by atoms with E-state index in [1.54, 1.807) is 20.3 Å². The van der Waals surface area contributed by atoms with Gasteiger partial charge in [-0.15, -0.1) is 0 Å². The molecule has 4 aromatic rings. The van der Waals surface area contributed by atoms with E-state index in [0.29, 0.717) is 48.2 Å². The van der Waals surface area contributed by atoms with Crippen molar-refractivity contribution in [3.8, 4) is 17.2 Å². The van der Waals surface area contributed by atoms with Crippen LogP contribution in [0.1, 0.15) is 34.8 Å². The Morgan fingerprint density at radius 2 is 1.58 bits per heavy atom. The van der Waals surface area contributed by atoms with Crippen LogP contribution in [0.25, 0.3) is 0 Å². The summed E-state index contributed by atoms with van der Waals surface area (Å²) < 4.78 is 25.1. The van der Waals surface area contributed by atoms with Crippen molar-refractivity contribution in [2.24, 2.45) is 4.99 Å². The van der Waals surface area contributed by atoms with Gasteiger partial charge in [0.2, 0.25) is 5.90 Å². The lowest BCUT2D eigenvalue weighted by Crippen LogP contribution is -2.49. The van der Waals surface area contributed by atoms with E-state index in [1.807, 2.05) is 84.9 Å². The van der Waals surface area contributed by atoms with Crippen LogP contribution in [-0.2, 0) is 22.5 Å². The molecule has 0 bridgehead atoms. The van der Waals surface area contributed by atoms with Gasteiger partial charge in [0, 0.05) is 52.1 Å². The van der Waals surface area contributed by atoms with E-state index in [4.69, 9.17) is 29.0 Å². The van der Waals surface area contributed by atoms with Crippen molar-refractivity contribution in [1.29, 1.82) is 0 Å². The summed E-state index contributed by atoms with van der Waals surface area (Å²) in [5, 5.41) is 12.2. The molecule has 0 unspecified atom stereocenters. The molecule has 1 heterocycles. The van der Waals surface area contributed by atoms with Gasteiger partial charge in [-0.25, -0.2) is 4.99 Å². The molecule has 0 aliphatic carbocycles. The number of hydrogen-bond acceptors (Lipinski definition) is 7. The van der Waals surface area contributed by atoms with Gasteiger partial charge in [-0.3, -0.25) is 4.79 Å². The smallest absolute Gasteiger partial charge is 0.252 e. The number of carbonyl (C=O) groups excluding carboxylic acids is 1. The Morgan fingerprint density at radius 1 is 0.911 bits per heavy atom. The van der Waals surface area contributed by atoms with E-state index in [9.17, 15) is 4.79 Å². The number of amides is 1. The fourth-order valence-corrected chi connectivity index (χ4v) is 5.69. The first-order valence-corrected chi connectivity index (χ1v) is 16.0. The summed E-state index contributed by atoms with van der Waals surface area (Å²) in [6.45, 7) is 0.689. The highest BCUT2D eigenvalue weighted by Gasteiger charge is 2.53. The lowest BCUT2D eigenvalue weighted by Gasteiger charge is -2.31. The highest BCUT2D eigenvalue weighted by Crippen LogP contribution is 2.43. The predicted molar refractivity (Wildman–Crippen MR) is 180 cm³/mol. The number of nitrogens with one attached hydrogen (secondary N) is 1. The van der Waals surface area contributed by atoms with Crippen LogP contribution < -0.4 is 19.5 Å². The number of aliphatic imine (C=N–C) groups is 1. The van der Waals surface area contributed by atoms with Crippen molar-refractivity contribution in [3.05, 3.63) is 122 Å². The zero-order chi connectivity index (χ0) is 31.8. The van der Waals surface area contributed by atoms with Crippen LogP contribution in [0, 0.1) is 0 Å². The summed E-state index contributed by atoms with van der Waals surface area (Å²) >= 11 is 7.04. The predicted octanol–water partition coefficient (Wildman–Crippen LogP) is 6.81. The molecule has 0 saturated heterocycles. The van der Waals surface area contributed by atoms with Gasteiger partial charge in [0.1, 0.15) is 17.2 Å². The summed E-state index contributed by atoms with van der Waals surface area (Å²) in [7, 11) is 3.18. The van der Waals surface area contributed by atoms with Gasteiger partial charge in [-0.05, 0) is 71.8 Å². The van der Waals surface area contributed by atoms with Crippen LogP contribution in [0.3, 0.4) is 0 Å². The van der Waals surface area contributed by atoms with Gasteiger partial charge in [0.05, 0.1) is 20.8 Å². The average Bonchev–Trinajstić information content (AvgIpc) is 3.45. The van der Waals surface area contributed by atoms with Crippen LogP contribution >= 0.6 is 31.9 Å². The third-order valence-corrected chi connectivity index (χ3v) is 8.58. The molecule has 8 nitrogen and oxygen atoms in total. The SMILES string of the molecule is COc1ccc(CNC(=O)[C@]2(Cc3ccc(Br)cc3)N=C(c3ccc(OCCCO)cc3)O[C@@H]2c2ccc(Br)cc2)c(OC)c1. The third kappa shape index (κ3) is 7.69. The van der Waals surface area contributed by atoms with Crippen LogP contribution in [0.15, 0.2) is 105 Å². The van der Waals surface area contributed by atoms with Gasteiger partial charge < -0.3 is 29.4 Å². The van der Waals surface area contributed by atoms with E-state index in [-0.39, 0.29) is 19.1 Å². The highest BCUT2D eigenvalue weighted by atomic mass is 79.9. The number of rotatable bonds is 13. The van der Waals surface area contributed by atoms with Crippen molar-refractivity contribution in [2.75, 3.05) is 27.4 Å². The quantitative estimate of drug-likeness (QED) is 0.147. The normalized spacial score (nSPS) is 17.3. The number of hydrogen-bond donors (Lipinski definition) is 2. The molecule has 2 atom stereocenters. The molecule has 0 radical (unpaired) electrons. The first kappa shape index (κ1) is 32.5. The first-order valence-electron chi connectivity index (χ1n) is 14.4. The Hall–Kier alpha value is -3.86. The van der Waals surface area contributed by atoms with E-state index in [0.717, 1.165) is 25.6 Å². The molecule has 2 N–H and O–H groups in total. The standard InChI is InChI=1S/C35H34Br2N2O6/c1-42-30-17-10-26(31(20-30)43-2)22-38-34(41)35(21-23-4-11-27(36)12-5-23)32(24-6-13-28(37)14-7-24)45-33(39-35)25-8-15-29(16-9-25)44-19-3-18-40/h4-17,20,32,40H,3,18-19,21-22H2,1-2H3,(H,38,41)/t32-,35-/m1/s1. The number of aliphatic hydroxyl groups excluding tert-OH is 1. The number of aliphatic hydroxyl groups is 1. The maximum absolute atomic E-state index is 14.5. The van der Waals surface area contributed by atoms with Gasteiger partial charge >= 0.3 is 0 Å². The van der Waals surface area contributed by atoms with Crippen molar-refractivity contribution >= 4 is 43.7 Å². The zero-order valence-electron chi connectivity index (χ0n) is 25.0. The Bertz CT molecular complexity index is 1630. The van der Waals surface area contributed by atoms with Gasteiger partial charge in [-0.2, -0.15) is 0 Å². The molecule has 5 rings (SSSR count). The van der Waals surface area contributed by atoms with E-state index < -0.39 is 11.6 Å². The maximum atomic E-state index is 14.5. The summed E-state index contributed by atoms with van der Waals surface area (Å²) in [6.07, 6.45) is 0.114. The van der Waals surface area contributed by atoms with Crippen molar-refractivity contribution in [2.45, 2.75) is 31.0 Å². The zero-order valence-corrected chi connectivity index (χ0v) is 28.1. The molecule has 1 amide bonds. The molecular weight excluding hydrogens is 704 g/mol. The molecule has 234 valence electrons. The lowest BCUT2D eigenvalue weighted by atomic mass is 9.82. The molecule has 0 fully saturated rings. The molecule has 10 heteroatoms. The second kappa shape index (κ2) is 14.9. The summed E-state index contributed by atoms with van der Waals surface area (Å²) in [4.78, 5) is 19.6. The monoisotopic (exact) mass is 736 g/mol. The lowest BCUT2D eigenvalue weighted by molar-refractivity contribution is -0.129. The van der Waals surface area contributed by atoms with Crippen LogP contribution in [-0.4, -0.2) is 49.9 Å². The minimum atomic E-state index is -1.34. The molecular formula is C35H34Br2N2O6. The maximum Gasteiger partial charge on any atom is 0.252 e. The van der Waals surface area contributed by atoms with Crippen molar-refractivity contribution in [3.63, 3.8) is 0 Å². The van der Waals surface area contributed by atoms with Gasteiger partial charge in [0.15, 0.2) is 11.6 Å². The Labute approximate surface area is 279 Å². The van der Waals surface area contributed by atoms with Gasteiger partial charge in [0.25, 0.3) is 5.91 Å². The second-order valence-electron chi connectivity index (χ2n) is 10.5. The Morgan fingerprint density at radius 3 is 2.22 bits per heavy atom. The minimum absolute atomic E-state index is 0.0634. The molecule has 1 aliphatic rings. The molecule has 4 aromatic carbocycles. The van der Waals surface area contributed by atoms with Crippen molar-refractivity contribution < 1.29 is 28.8 Å². The number of ether oxygens (including phenoxy) is 4.